The second kappa shape index (κ2) is 7.78. The molecule has 2 aromatic carbocycles. The van der Waals surface area contributed by atoms with Gasteiger partial charge in [-0.2, -0.15) is 0 Å². The fourth-order valence-corrected chi connectivity index (χ4v) is 3.28. The average Bonchev–Trinajstić information content (AvgIpc) is 3.16. The van der Waals surface area contributed by atoms with Crippen LogP contribution in [0.15, 0.2) is 66.8 Å². The van der Waals surface area contributed by atoms with Crippen LogP contribution in [0.1, 0.15) is 16.7 Å². The first kappa shape index (κ1) is 16.2. The van der Waals surface area contributed by atoms with Crippen LogP contribution in [0.4, 0.5) is 0 Å². The zero-order valence-electron chi connectivity index (χ0n) is 12.1. The van der Waals surface area contributed by atoms with Gasteiger partial charge < -0.3 is 0 Å². The zero-order valence-corrected chi connectivity index (χ0v) is 16.1. The van der Waals surface area contributed by atoms with E-state index in [-0.39, 0.29) is 0 Å². The zero-order chi connectivity index (χ0) is 15.4. The Morgan fingerprint density at radius 3 is 2.36 bits per heavy atom. The van der Waals surface area contributed by atoms with Crippen LogP contribution in [-0.4, -0.2) is 0 Å². The number of halogens is 2. The molecule has 0 saturated carbocycles. The molecule has 0 unspecified atom stereocenters. The van der Waals surface area contributed by atoms with Crippen molar-refractivity contribution in [2.24, 2.45) is 5.92 Å². The van der Waals surface area contributed by atoms with Gasteiger partial charge in [-0.3, -0.25) is 0 Å². The first-order valence-corrected chi connectivity index (χ1v) is 13.7. The molecule has 0 amide bonds. The number of allylic oxidation sites excluding steroid dienone is 4. The number of fused-ring (bicyclic) bond motifs is 3. The number of hydrogen-bond donors (Lipinski definition) is 0. The molecule has 0 N–H and O–H groups in total. The molecule has 0 atom stereocenters. The molecule has 0 fully saturated rings. The van der Waals surface area contributed by atoms with E-state index in [0.717, 1.165) is 12.8 Å². The molecule has 0 bridgehead atoms. The van der Waals surface area contributed by atoms with E-state index in [2.05, 4.69) is 66.8 Å². The van der Waals surface area contributed by atoms with E-state index in [4.69, 9.17) is 17.0 Å². The Balaban J connectivity index is 0.000000446. The summed E-state index contributed by atoms with van der Waals surface area (Å²) >= 11 is -0.826. The maximum absolute atomic E-state index is 4.93. The predicted molar refractivity (Wildman–Crippen MR) is 91.9 cm³/mol. The first-order valence-electron chi connectivity index (χ1n) is 7.33. The molecule has 3 heteroatoms. The fraction of sp³-hybridized carbons (Fsp3) is 0.158. The van der Waals surface area contributed by atoms with Crippen LogP contribution in [-0.2, 0) is 33.7 Å². The van der Waals surface area contributed by atoms with Crippen LogP contribution in [0.5, 0.6) is 0 Å². The molecule has 110 valence electrons. The van der Waals surface area contributed by atoms with Gasteiger partial charge in [0.2, 0.25) is 0 Å². The van der Waals surface area contributed by atoms with Crippen LogP contribution in [0.2, 0.25) is 0 Å². The fourth-order valence-electron chi connectivity index (χ4n) is 3.28. The van der Waals surface area contributed by atoms with Gasteiger partial charge in [0.05, 0.1) is 0 Å². The van der Waals surface area contributed by atoms with Crippen LogP contribution in [0, 0.1) is 5.92 Å². The van der Waals surface area contributed by atoms with Crippen LogP contribution >= 0.6 is 17.0 Å². The van der Waals surface area contributed by atoms with Gasteiger partial charge in [0.1, 0.15) is 0 Å². The van der Waals surface area contributed by atoms with Crippen molar-refractivity contribution < 1.29 is 20.8 Å². The summed E-state index contributed by atoms with van der Waals surface area (Å²) in [5, 5.41) is 0. The molecule has 0 nitrogen and oxygen atoms in total. The van der Waals surface area contributed by atoms with E-state index in [1.807, 2.05) is 0 Å². The van der Waals surface area contributed by atoms with Crippen LogP contribution in [0.25, 0.3) is 11.1 Å². The van der Waals surface area contributed by atoms with Crippen molar-refractivity contribution >= 4 is 17.0 Å². The summed E-state index contributed by atoms with van der Waals surface area (Å²) in [6.07, 6.45) is 11.1. The minimum atomic E-state index is -0.826. The Hall–Kier alpha value is -0.617. The predicted octanol–water partition coefficient (Wildman–Crippen LogP) is 5.92. The standard InChI is InChI=1S/C19H16.2ClH.Zr/c1-2-7-14(6-1)12-15-9-5-11-18-17-10-4-3-8-16(17)13-19(15)18;;;/h1-11,14H,12-13H2;2*1H;/q;;;+2/p-2. The van der Waals surface area contributed by atoms with Crippen molar-refractivity contribution in [3.63, 3.8) is 0 Å². The van der Waals surface area contributed by atoms with Gasteiger partial charge in [0.25, 0.3) is 0 Å². The average molecular weight is 406 g/mol. The van der Waals surface area contributed by atoms with Crippen molar-refractivity contribution in [1.29, 1.82) is 0 Å². The number of benzene rings is 2. The molecular formula is C19H16Cl2Zr. The van der Waals surface area contributed by atoms with Gasteiger partial charge >= 0.3 is 37.9 Å². The number of rotatable bonds is 2. The van der Waals surface area contributed by atoms with Crippen molar-refractivity contribution in [3.05, 3.63) is 83.5 Å². The molecule has 2 aliphatic rings. The minimum absolute atomic E-state index is 0.579. The van der Waals surface area contributed by atoms with E-state index < -0.39 is 20.8 Å². The topological polar surface area (TPSA) is 0 Å². The molecule has 0 saturated heterocycles. The van der Waals surface area contributed by atoms with E-state index >= 15 is 0 Å². The molecule has 0 spiro atoms. The molecule has 0 heterocycles. The maximum atomic E-state index is 4.93. The summed E-state index contributed by atoms with van der Waals surface area (Å²) in [4.78, 5) is 0. The normalized spacial score (nSPS) is 14.3. The van der Waals surface area contributed by atoms with E-state index in [0.29, 0.717) is 5.92 Å². The quantitative estimate of drug-likeness (QED) is 0.496. The Morgan fingerprint density at radius 1 is 0.909 bits per heavy atom. The third-order valence-corrected chi connectivity index (χ3v) is 4.23. The first-order chi connectivity index (χ1) is 10.8. The molecular weight excluding hydrogens is 390 g/mol. The van der Waals surface area contributed by atoms with Gasteiger partial charge in [-0.15, -0.1) is 0 Å². The monoisotopic (exact) mass is 404 g/mol. The third-order valence-electron chi connectivity index (χ3n) is 4.23. The van der Waals surface area contributed by atoms with Crippen molar-refractivity contribution in [2.45, 2.75) is 12.8 Å². The Bertz CT molecular complexity index is 707. The van der Waals surface area contributed by atoms with Crippen LogP contribution in [0.3, 0.4) is 0 Å². The van der Waals surface area contributed by atoms with Gasteiger partial charge in [0.15, 0.2) is 0 Å². The molecule has 2 aliphatic carbocycles. The van der Waals surface area contributed by atoms with Gasteiger partial charge in [-0.25, -0.2) is 0 Å². The third kappa shape index (κ3) is 3.48. The Labute approximate surface area is 150 Å². The Kier molecular flexibility index (Phi) is 5.74. The SMILES string of the molecule is C1=CC(Cc2cccc3c2Cc2ccccc2-3)C=C1.[Cl][Zr][Cl]. The van der Waals surface area contributed by atoms with E-state index in [9.17, 15) is 0 Å². The summed E-state index contributed by atoms with van der Waals surface area (Å²) in [6, 6.07) is 15.6. The molecule has 0 radical (unpaired) electrons. The molecule has 0 aliphatic heterocycles. The molecule has 0 aromatic heterocycles. The number of hydrogen-bond acceptors (Lipinski definition) is 0. The van der Waals surface area contributed by atoms with Crippen LogP contribution < -0.4 is 0 Å². The summed E-state index contributed by atoms with van der Waals surface area (Å²) in [5.41, 5.74) is 7.39. The van der Waals surface area contributed by atoms with Gasteiger partial charge in [0, 0.05) is 0 Å². The summed E-state index contributed by atoms with van der Waals surface area (Å²) in [7, 11) is 9.87. The molecule has 2 aromatic rings. The second-order valence-electron chi connectivity index (χ2n) is 5.49. The summed E-state index contributed by atoms with van der Waals surface area (Å²) < 4.78 is 0. The second-order valence-corrected chi connectivity index (χ2v) is 9.22. The van der Waals surface area contributed by atoms with Gasteiger partial charge in [-0.1, -0.05) is 66.8 Å². The van der Waals surface area contributed by atoms with E-state index in [1.54, 1.807) is 0 Å². The van der Waals surface area contributed by atoms with E-state index in [1.165, 1.54) is 27.8 Å². The van der Waals surface area contributed by atoms with Crippen molar-refractivity contribution in [2.75, 3.05) is 0 Å². The van der Waals surface area contributed by atoms with Crippen molar-refractivity contribution in [3.8, 4) is 11.1 Å². The summed E-state index contributed by atoms with van der Waals surface area (Å²) in [5.74, 6) is 0.579. The molecule has 4 rings (SSSR count). The Morgan fingerprint density at radius 2 is 1.59 bits per heavy atom. The molecule has 22 heavy (non-hydrogen) atoms. The summed E-state index contributed by atoms with van der Waals surface area (Å²) in [6.45, 7) is 0. The van der Waals surface area contributed by atoms with Gasteiger partial charge in [-0.05, 0) is 46.6 Å². The van der Waals surface area contributed by atoms with Crippen molar-refractivity contribution in [1.82, 2.24) is 0 Å².